The first-order chi connectivity index (χ1) is 12.1. The minimum atomic E-state index is -2.43. The SMILES string of the molecule is O=C(O)C1CCCCC1N(c1nonc1Cc1ccccc1)S(=O)O. The molecule has 3 atom stereocenters. The second-order valence-electron chi connectivity index (χ2n) is 6.05. The summed E-state index contributed by atoms with van der Waals surface area (Å²) in [7, 11) is 0. The zero-order chi connectivity index (χ0) is 17.8. The highest BCUT2D eigenvalue weighted by atomic mass is 32.2. The molecule has 1 aliphatic rings. The lowest BCUT2D eigenvalue weighted by Gasteiger charge is -2.35. The number of anilines is 1. The van der Waals surface area contributed by atoms with E-state index in [1.54, 1.807) is 0 Å². The number of carbonyl (C=O) groups is 1. The van der Waals surface area contributed by atoms with Crippen LogP contribution in [0.25, 0.3) is 0 Å². The van der Waals surface area contributed by atoms with Crippen molar-refractivity contribution < 1.29 is 23.3 Å². The summed E-state index contributed by atoms with van der Waals surface area (Å²) in [6, 6.07) is 8.83. The topological polar surface area (TPSA) is 117 Å². The zero-order valence-corrected chi connectivity index (χ0v) is 14.3. The molecular formula is C16H19N3O5S. The van der Waals surface area contributed by atoms with E-state index in [1.807, 2.05) is 30.3 Å². The van der Waals surface area contributed by atoms with Crippen molar-refractivity contribution in [1.82, 2.24) is 10.3 Å². The van der Waals surface area contributed by atoms with Gasteiger partial charge in [-0.2, -0.15) is 0 Å². The lowest BCUT2D eigenvalue weighted by molar-refractivity contribution is -0.143. The normalized spacial score (nSPS) is 21.6. The lowest BCUT2D eigenvalue weighted by atomic mass is 9.84. The zero-order valence-electron chi connectivity index (χ0n) is 13.4. The third-order valence-corrected chi connectivity index (χ3v) is 5.26. The van der Waals surface area contributed by atoms with Crippen LogP contribution in [0.4, 0.5) is 5.82 Å². The molecule has 0 radical (unpaired) electrons. The molecule has 0 spiro atoms. The van der Waals surface area contributed by atoms with Gasteiger partial charge in [-0.3, -0.25) is 9.35 Å². The highest BCUT2D eigenvalue weighted by Gasteiger charge is 2.39. The number of hydrogen-bond donors (Lipinski definition) is 2. The number of rotatable bonds is 6. The van der Waals surface area contributed by atoms with Gasteiger partial charge in [-0.15, -0.1) is 0 Å². The van der Waals surface area contributed by atoms with Gasteiger partial charge in [0.15, 0.2) is 0 Å². The van der Waals surface area contributed by atoms with Crippen molar-refractivity contribution in [2.45, 2.75) is 38.1 Å². The van der Waals surface area contributed by atoms with E-state index in [0.717, 1.165) is 22.7 Å². The predicted molar refractivity (Wildman–Crippen MR) is 90.2 cm³/mol. The van der Waals surface area contributed by atoms with Gasteiger partial charge in [-0.05, 0) is 23.6 Å². The molecule has 2 N–H and O–H groups in total. The number of hydrogen-bond acceptors (Lipinski definition) is 5. The van der Waals surface area contributed by atoms with Crippen molar-refractivity contribution in [2.75, 3.05) is 4.31 Å². The summed E-state index contributed by atoms with van der Waals surface area (Å²) in [5, 5.41) is 17.1. The molecule has 8 nitrogen and oxygen atoms in total. The van der Waals surface area contributed by atoms with Gasteiger partial charge in [0.05, 0.1) is 12.0 Å². The van der Waals surface area contributed by atoms with E-state index in [-0.39, 0.29) is 5.82 Å². The van der Waals surface area contributed by atoms with Crippen LogP contribution < -0.4 is 4.31 Å². The fourth-order valence-electron chi connectivity index (χ4n) is 3.30. The molecule has 1 saturated carbocycles. The Morgan fingerprint density at radius 2 is 1.96 bits per heavy atom. The van der Waals surface area contributed by atoms with E-state index in [4.69, 9.17) is 4.63 Å². The maximum Gasteiger partial charge on any atom is 0.308 e. The lowest BCUT2D eigenvalue weighted by Crippen LogP contribution is -2.47. The number of benzene rings is 1. The van der Waals surface area contributed by atoms with Crippen LogP contribution in [0.5, 0.6) is 0 Å². The van der Waals surface area contributed by atoms with E-state index in [0.29, 0.717) is 25.0 Å². The highest BCUT2D eigenvalue weighted by Crippen LogP contribution is 2.33. The van der Waals surface area contributed by atoms with Crippen LogP contribution in [0, 0.1) is 5.92 Å². The van der Waals surface area contributed by atoms with Gasteiger partial charge < -0.3 is 5.11 Å². The standard InChI is InChI=1S/C16H19N3O5S/c20-16(21)12-8-4-5-9-14(12)19(25(22)23)15-13(17-24-18-15)10-11-6-2-1-3-7-11/h1-3,6-7,12,14H,4-5,8-10H2,(H,20,21)(H,22,23). The summed E-state index contributed by atoms with van der Waals surface area (Å²) in [6.07, 6.45) is 2.92. The molecular weight excluding hydrogens is 346 g/mol. The molecule has 3 unspecified atom stereocenters. The molecule has 1 aromatic carbocycles. The van der Waals surface area contributed by atoms with Gasteiger partial charge >= 0.3 is 5.97 Å². The summed E-state index contributed by atoms with van der Waals surface area (Å²) in [5.41, 5.74) is 1.35. The second-order valence-corrected chi connectivity index (χ2v) is 6.90. The molecule has 0 saturated heterocycles. The van der Waals surface area contributed by atoms with E-state index in [1.165, 1.54) is 0 Å². The molecule has 25 heavy (non-hydrogen) atoms. The second kappa shape index (κ2) is 7.75. The molecule has 1 aromatic heterocycles. The van der Waals surface area contributed by atoms with Crippen LogP contribution in [0.2, 0.25) is 0 Å². The van der Waals surface area contributed by atoms with Crippen LogP contribution in [-0.4, -0.2) is 36.2 Å². The van der Waals surface area contributed by atoms with Crippen molar-refractivity contribution in [2.24, 2.45) is 5.92 Å². The number of aliphatic carboxylic acids is 1. The molecule has 134 valence electrons. The molecule has 2 aromatic rings. The Bertz CT molecular complexity index is 751. The molecule has 0 aliphatic heterocycles. The van der Waals surface area contributed by atoms with Crippen LogP contribution in [0.1, 0.15) is 36.9 Å². The van der Waals surface area contributed by atoms with Crippen molar-refractivity contribution in [3.63, 3.8) is 0 Å². The first kappa shape index (κ1) is 17.6. The maximum atomic E-state index is 12.0. The van der Waals surface area contributed by atoms with Crippen molar-refractivity contribution >= 4 is 23.1 Å². The fraction of sp³-hybridized carbons (Fsp3) is 0.438. The average molecular weight is 365 g/mol. The molecule has 0 amide bonds. The van der Waals surface area contributed by atoms with Gasteiger partial charge in [0, 0.05) is 6.42 Å². The van der Waals surface area contributed by atoms with Crippen LogP contribution in [0.3, 0.4) is 0 Å². The van der Waals surface area contributed by atoms with Crippen molar-refractivity contribution in [3.8, 4) is 0 Å². The Morgan fingerprint density at radius 1 is 1.24 bits per heavy atom. The Balaban J connectivity index is 1.92. The summed E-state index contributed by atoms with van der Waals surface area (Å²) >= 11 is -2.43. The Hall–Kier alpha value is -2.26. The third kappa shape index (κ3) is 3.88. The molecule has 1 heterocycles. The Labute approximate surface area is 147 Å². The Morgan fingerprint density at radius 3 is 2.64 bits per heavy atom. The van der Waals surface area contributed by atoms with E-state index < -0.39 is 29.2 Å². The molecule has 3 rings (SSSR count). The minimum Gasteiger partial charge on any atom is -0.481 e. The van der Waals surface area contributed by atoms with Crippen LogP contribution >= 0.6 is 0 Å². The summed E-state index contributed by atoms with van der Waals surface area (Å²) < 4.78 is 27.8. The highest BCUT2D eigenvalue weighted by molar-refractivity contribution is 7.80. The average Bonchev–Trinajstić information content (AvgIpc) is 3.04. The molecule has 0 bridgehead atoms. The first-order valence-electron chi connectivity index (χ1n) is 8.06. The maximum absolute atomic E-state index is 12.0. The van der Waals surface area contributed by atoms with Crippen molar-refractivity contribution in [3.05, 3.63) is 41.6 Å². The number of nitrogens with zero attached hydrogens (tertiary/aromatic N) is 3. The monoisotopic (exact) mass is 365 g/mol. The minimum absolute atomic E-state index is 0.128. The smallest absolute Gasteiger partial charge is 0.308 e. The predicted octanol–water partition coefficient (Wildman–Crippen LogP) is 2.25. The third-order valence-electron chi connectivity index (χ3n) is 4.48. The van der Waals surface area contributed by atoms with E-state index in [2.05, 4.69) is 10.3 Å². The van der Waals surface area contributed by atoms with Gasteiger partial charge in [-0.25, -0.2) is 13.1 Å². The number of carboxylic acids is 1. The van der Waals surface area contributed by atoms with Gasteiger partial charge in [-0.1, -0.05) is 48.3 Å². The molecule has 1 aliphatic carbocycles. The number of aromatic nitrogens is 2. The quantitative estimate of drug-likeness (QED) is 0.754. The summed E-state index contributed by atoms with van der Waals surface area (Å²) in [6.45, 7) is 0. The Kier molecular flexibility index (Phi) is 5.44. The van der Waals surface area contributed by atoms with Crippen LogP contribution in [-0.2, 0) is 22.5 Å². The molecule has 1 fully saturated rings. The summed E-state index contributed by atoms with van der Waals surface area (Å²) in [5.74, 6) is -1.57. The summed E-state index contributed by atoms with van der Waals surface area (Å²) in [4.78, 5) is 11.6. The largest absolute Gasteiger partial charge is 0.481 e. The van der Waals surface area contributed by atoms with E-state index in [9.17, 15) is 18.7 Å². The van der Waals surface area contributed by atoms with E-state index >= 15 is 0 Å². The van der Waals surface area contributed by atoms with Crippen molar-refractivity contribution in [1.29, 1.82) is 0 Å². The fourth-order valence-corrected chi connectivity index (χ4v) is 4.07. The first-order valence-corrected chi connectivity index (χ1v) is 9.12. The molecule has 9 heteroatoms. The number of carboxylic acid groups (broad SMARTS) is 1. The van der Waals surface area contributed by atoms with Crippen LogP contribution in [0.15, 0.2) is 35.0 Å². The van der Waals surface area contributed by atoms with Gasteiger partial charge in [0.1, 0.15) is 5.69 Å². The van der Waals surface area contributed by atoms with Gasteiger partial charge in [0.25, 0.3) is 11.3 Å². The van der Waals surface area contributed by atoms with Gasteiger partial charge in [0.2, 0.25) is 5.82 Å².